The minimum atomic E-state index is 0.0711. The smallest absolute Gasteiger partial charge is 0.0378 e. The molecular weight excluding hydrogens is 308 g/mol. The van der Waals surface area contributed by atoms with Crippen molar-refractivity contribution in [3.8, 4) is 0 Å². The first-order valence-electron chi connectivity index (χ1n) is 6.33. The Morgan fingerprint density at radius 3 is 2.72 bits per heavy atom. The van der Waals surface area contributed by atoms with Gasteiger partial charge in [0.25, 0.3) is 0 Å². The first-order valence-corrected chi connectivity index (χ1v) is 8.11. The number of thioether (sulfide) groups is 1. The maximum absolute atomic E-state index is 5.94. The number of hydrogen-bond donors (Lipinski definition) is 1. The summed E-state index contributed by atoms with van der Waals surface area (Å²) in [5.74, 6) is 1.19. The van der Waals surface area contributed by atoms with Crippen molar-refractivity contribution in [2.45, 2.75) is 31.6 Å². The predicted octanol–water partition coefficient (Wildman–Crippen LogP) is 3.80. The molecule has 2 nitrogen and oxygen atoms in total. The zero-order valence-electron chi connectivity index (χ0n) is 11.2. The summed E-state index contributed by atoms with van der Waals surface area (Å²) in [6, 6.07) is 6.60. The standard InChI is InChI=1S/C14H21BrN2S/c1-10(16)12-5-4-11(8-13(12)15)17-6-7-18-14(2,3)9-17/h4-5,8,10H,6-7,9,16H2,1-3H3. The summed E-state index contributed by atoms with van der Waals surface area (Å²) in [4.78, 5) is 2.46. The Hall–Kier alpha value is -0.190. The molecule has 2 rings (SSSR count). The van der Waals surface area contributed by atoms with E-state index >= 15 is 0 Å². The molecule has 2 N–H and O–H groups in total. The molecule has 1 aliphatic rings. The van der Waals surface area contributed by atoms with Crippen molar-refractivity contribution >= 4 is 33.4 Å². The summed E-state index contributed by atoms with van der Waals surface area (Å²) in [5, 5.41) is 0. The number of anilines is 1. The molecular formula is C14H21BrN2S. The molecule has 0 radical (unpaired) electrons. The zero-order chi connectivity index (χ0) is 13.3. The van der Waals surface area contributed by atoms with Gasteiger partial charge in [0.2, 0.25) is 0 Å². The van der Waals surface area contributed by atoms with Crippen LogP contribution in [0.2, 0.25) is 0 Å². The van der Waals surface area contributed by atoms with E-state index in [0.29, 0.717) is 4.75 Å². The highest BCUT2D eigenvalue weighted by molar-refractivity contribution is 9.10. The fraction of sp³-hybridized carbons (Fsp3) is 0.571. The first kappa shape index (κ1) is 14.2. The lowest BCUT2D eigenvalue weighted by molar-refractivity contribution is 0.647. The van der Waals surface area contributed by atoms with E-state index in [2.05, 4.69) is 64.6 Å². The van der Waals surface area contributed by atoms with E-state index < -0.39 is 0 Å². The molecule has 4 heteroatoms. The molecule has 0 saturated carbocycles. The normalized spacial score (nSPS) is 20.8. The van der Waals surface area contributed by atoms with E-state index in [1.54, 1.807) is 0 Å². The Bertz CT molecular complexity index is 432. The van der Waals surface area contributed by atoms with E-state index in [4.69, 9.17) is 5.73 Å². The number of benzene rings is 1. The van der Waals surface area contributed by atoms with Crippen molar-refractivity contribution in [2.75, 3.05) is 23.7 Å². The molecule has 1 aromatic rings. The van der Waals surface area contributed by atoms with Crippen LogP contribution < -0.4 is 10.6 Å². The van der Waals surface area contributed by atoms with Gasteiger partial charge in [-0.25, -0.2) is 0 Å². The molecule has 0 aromatic heterocycles. The molecule has 1 aromatic carbocycles. The Balaban J connectivity index is 2.21. The van der Waals surface area contributed by atoms with Gasteiger partial charge < -0.3 is 10.6 Å². The largest absolute Gasteiger partial charge is 0.369 e. The number of hydrogen-bond acceptors (Lipinski definition) is 3. The van der Waals surface area contributed by atoms with Crippen molar-refractivity contribution in [3.63, 3.8) is 0 Å². The van der Waals surface area contributed by atoms with Crippen LogP contribution in [-0.2, 0) is 0 Å². The third kappa shape index (κ3) is 3.22. The Morgan fingerprint density at radius 1 is 1.44 bits per heavy atom. The summed E-state index contributed by atoms with van der Waals surface area (Å²) in [6.45, 7) is 8.87. The highest BCUT2D eigenvalue weighted by atomic mass is 79.9. The minimum Gasteiger partial charge on any atom is -0.369 e. The maximum atomic E-state index is 5.94. The highest BCUT2D eigenvalue weighted by Crippen LogP contribution is 2.34. The van der Waals surface area contributed by atoms with Crippen molar-refractivity contribution < 1.29 is 0 Å². The fourth-order valence-corrected chi connectivity index (χ4v) is 4.16. The highest BCUT2D eigenvalue weighted by Gasteiger charge is 2.27. The molecule has 1 aliphatic heterocycles. The van der Waals surface area contributed by atoms with Gasteiger partial charge in [0.15, 0.2) is 0 Å². The van der Waals surface area contributed by atoms with Crippen LogP contribution in [-0.4, -0.2) is 23.6 Å². The third-order valence-corrected chi connectivity index (χ3v) is 5.25. The van der Waals surface area contributed by atoms with Crippen molar-refractivity contribution in [2.24, 2.45) is 5.73 Å². The van der Waals surface area contributed by atoms with Crippen molar-refractivity contribution in [1.29, 1.82) is 0 Å². The molecule has 0 amide bonds. The molecule has 1 heterocycles. The molecule has 1 atom stereocenters. The number of rotatable bonds is 2. The minimum absolute atomic E-state index is 0.0711. The number of nitrogens with two attached hydrogens (primary N) is 1. The van der Waals surface area contributed by atoms with Gasteiger partial charge in [-0.3, -0.25) is 0 Å². The van der Waals surface area contributed by atoms with Gasteiger partial charge in [0.1, 0.15) is 0 Å². The maximum Gasteiger partial charge on any atom is 0.0378 e. The molecule has 1 saturated heterocycles. The summed E-state index contributed by atoms with van der Waals surface area (Å²) >= 11 is 5.69. The fourth-order valence-electron chi connectivity index (χ4n) is 2.32. The molecule has 18 heavy (non-hydrogen) atoms. The van der Waals surface area contributed by atoms with E-state index in [1.165, 1.54) is 17.0 Å². The quantitative estimate of drug-likeness (QED) is 0.895. The summed E-state index contributed by atoms with van der Waals surface area (Å²) in [6.07, 6.45) is 0. The molecule has 0 bridgehead atoms. The Labute approximate surface area is 122 Å². The Morgan fingerprint density at radius 2 is 2.17 bits per heavy atom. The summed E-state index contributed by atoms with van der Waals surface area (Å²) in [7, 11) is 0. The predicted molar refractivity (Wildman–Crippen MR) is 85.5 cm³/mol. The van der Waals surface area contributed by atoms with Gasteiger partial charge in [0.05, 0.1) is 0 Å². The van der Waals surface area contributed by atoms with Crippen LogP contribution in [0.5, 0.6) is 0 Å². The van der Waals surface area contributed by atoms with Crippen LogP contribution in [0, 0.1) is 0 Å². The molecule has 0 spiro atoms. The first-order chi connectivity index (χ1) is 8.39. The van der Waals surface area contributed by atoms with E-state index in [0.717, 1.165) is 17.6 Å². The van der Waals surface area contributed by atoms with E-state index in [9.17, 15) is 0 Å². The van der Waals surface area contributed by atoms with Crippen molar-refractivity contribution in [3.05, 3.63) is 28.2 Å². The SMILES string of the molecule is CC(N)c1ccc(N2CCSC(C)(C)C2)cc1Br. The second-order valence-electron chi connectivity index (χ2n) is 5.52. The lowest BCUT2D eigenvalue weighted by atomic mass is 10.1. The third-order valence-electron chi connectivity index (χ3n) is 3.27. The second kappa shape index (κ2) is 5.43. The van der Waals surface area contributed by atoms with E-state index in [-0.39, 0.29) is 6.04 Å². The molecule has 0 aliphatic carbocycles. The molecule has 1 unspecified atom stereocenters. The van der Waals surface area contributed by atoms with Crippen LogP contribution in [0.15, 0.2) is 22.7 Å². The van der Waals surface area contributed by atoms with Crippen LogP contribution in [0.3, 0.4) is 0 Å². The van der Waals surface area contributed by atoms with Gasteiger partial charge in [-0.2, -0.15) is 11.8 Å². The van der Waals surface area contributed by atoms with Crippen molar-refractivity contribution in [1.82, 2.24) is 0 Å². The van der Waals surface area contributed by atoms with Gasteiger partial charge >= 0.3 is 0 Å². The van der Waals surface area contributed by atoms with Gasteiger partial charge in [-0.1, -0.05) is 22.0 Å². The topological polar surface area (TPSA) is 29.3 Å². The lowest BCUT2D eigenvalue weighted by Gasteiger charge is -2.39. The Kier molecular flexibility index (Phi) is 4.29. The summed E-state index contributed by atoms with van der Waals surface area (Å²) in [5.41, 5.74) is 8.40. The van der Waals surface area contributed by atoms with Gasteiger partial charge in [0, 0.05) is 39.8 Å². The molecule has 1 fully saturated rings. The number of nitrogens with zero attached hydrogens (tertiary/aromatic N) is 1. The summed E-state index contributed by atoms with van der Waals surface area (Å²) < 4.78 is 1.45. The lowest BCUT2D eigenvalue weighted by Crippen LogP contribution is -2.43. The zero-order valence-corrected chi connectivity index (χ0v) is 13.6. The average molecular weight is 329 g/mol. The van der Waals surface area contributed by atoms with Gasteiger partial charge in [-0.15, -0.1) is 0 Å². The van der Waals surface area contributed by atoms with E-state index in [1.807, 2.05) is 6.92 Å². The van der Waals surface area contributed by atoms with Crippen LogP contribution in [0.4, 0.5) is 5.69 Å². The number of halogens is 1. The average Bonchev–Trinajstić information content (AvgIpc) is 2.27. The van der Waals surface area contributed by atoms with Gasteiger partial charge in [-0.05, 0) is 38.5 Å². The van der Waals surface area contributed by atoms with Crippen LogP contribution >= 0.6 is 27.7 Å². The monoisotopic (exact) mass is 328 g/mol. The van der Waals surface area contributed by atoms with Crippen LogP contribution in [0.25, 0.3) is 0 Å². The second-order valence-corrected chi connectivity index (χ2v) is 8.18. The molecule has 100 valence electrons. The van der Waals surface area contributed by atoms with Crippen LogP contribution in [0.1, 0.15) is 32.4 Å².